The van der Waals surface area contributed by atoms with Gasteiger partial charge in [-0.2, -0.15) is 5.26 Å². The summed E-state index contributed by atoms with van der Waals surface area (Å²) in [5.74, 6) is 0.940. The first-order valence-corrected chi connectivity index (χ1v) is 7.01. The minimum atomic E-state index is 0.297. The number of ether oxygens (including phenoxy) is 1. The Morgan fingerprint density at radius 3 is 3.15 bits per heavy atom. The molecule has 0 aliphatic carbocycles. The van der Waals surface area contributed by atoms with Crippen LogP contribution in [-0.2, 0) is 11.3 Å². The molecule has 2 atom stereocenters. The van der Waals surface area contributed by atoms with E-state index >= 15 is 0 Å². The molecule has 0 radical (unpaired) electrons. The van der Waals surface area contributed by atoms with Gasteiger partial charge in [0, 0.05) is 19.1 Å². The number of aromatic nitrogens is 2. The maximum atomic E-state index is 9.14. The van der Waals surface area contributed by atoms with Gasteiger partial charge in [0.25, 0.3) is 0 Å². The summed E-state index contributed by atoms with van der Waals surface area (Å²) >= 11 is 0. The first kappa shape index (κ1) is 12.9. The highest BCUT2D eigenvalue weighted by Crippen LogP contribution is 2.28. The number of hydrogen-bond donors (Lipinski definition) is 1. The van der Waals surface area contributed by atoms with E-state index in [0.29, 0.717) is 29.1 Å². The summed E-state index contributed by atoms with van der Waals surface area (Å²) in [5.41, 5.74) is 8.24. The lowest BCUT2D eigenvalue weighted by Gasteiger charge is -2.18. The number of imidazole rings is 1. The Morgan fingerprint density at radius 1 is 1.55 bits per heavy atom. The first-order chi connectivity index (χ1) is 9.74. The lowest BCUT2D eigenvalue weighted by molar-refractivity contribution is 0.0839. The Bertz CT molecular complexity index is 670. The average Bonchev–Trinajstić information content (AvgIpc) is 3.04. The van der Waals surface area contributed by atoms with Crippen molar-refractivity contribution in [2.24, 2.45) is 5.92 Å². The summed E-state index contributed by atoms with van der Waals surface area (Å²) < 4.78 is 7.75. The van der Waals surface area contributed by atoms with Crippen molar-refractivity contribution in [1.29, 1.82) is 5.26 Å². The molecule has 1 aliphatic heterocycles. The van der Waals surface area contributed by atoms with Crippen molar-refractivity contribution in [3.63, 3.8) is 0 Å². The Hall–Kier alpha value is -2.06. The molecule has 5 heteroatoms. The van der Waals surface area contributed by atoms with Crippen LogP contribution in [0.25, 0.3) is 11.0 Å². The van der Waals surface area contributed by atoms with E-state index in [1.54, 1.807) is 6.07 Å². The van der Waals surface area contributed by atoms with Gasteiger partial charge in [-0.3, -0.25) is 0 Å². The molecule has 1 aliphatic rings. The molecule has 104 valence electrons. The predicted octanol–water partition coefficient (Wildman–Crippen LogP) is 2.31. The number of hydrogen-bond acceptors (Lipinski definition) is 4. The number of nitrogens with zero attached hydrogens (tertiary/aromatic N) is 3. The largest absolute Gasteiger partial charge is 0.378 e. The topological polar surface area (TPSA) is 76.9 Å². The molecule has 1 aromatic heterocycles. The van der Waals surface area contributed by atoms with Crippen LogP contribution in [0.3, 0.4) is 0 Å². The van der Waals surface area contributed by atoms with Crippen LogP contribution in [0.4, 0.5) is 5.95 Å². The second-order valence-corrected chi connectivity index (χ2v) is 5.23. The Kier molecular flexibility index (Phi) is 3.33. The number of fused-ring (bicyclic) bond motifs is 1. The number of anilines is 1. The van der Waals surface area contributed by atoms with Gasteiger partial charge in [0.2, 0.25) is 5.95 Å². The predicted molar refractivity (Wildman–Crippen MR) is 77.0 cm³/mol. The molecule has 0 amide bonds. The summed E-state index contributed by atoms with van der Waals surface area (Å²) in [4.78, 5) is 4.35. The molecule has 2 unspecified atom stereocenters. The van der Waals surface area contributed by atoms with Gasteiger partial charge < -0.3 is 15.0 Å². The van der Waals surface area contributed by atoms with E-state index in [9.17, 15) is 0 Å². The lowest BCUT2D eigenvalue weighted by Crippen LogP contribution is -2.21. The Balaban J connectivity index is 2.00. The van der Waals surface area contributed by atoms with Crippen molar-refractivity contribution in [3.05, 3.63) is 23.8 Å². The summed E-state index contributed by atoms with van der Waals surface area (Å²) in [5, 5.41) is 9.14. The second-order valence-electron chi connectivity index (χ2n) is 5.23. The summed E-state index contributed by atoms with van der Waals surface area (Å²) in [6.07, 6.45) is 2.36. The quantitative estimate of drug-likeness (QED) is 0.928. The van der Waals surface area contributed by atoms with Gasteiger partial charge in [-0.1, -0.05) is 13.0 Å². The van der Waals surface area contributed by atoms with Crippen LogP contribution in [0.15, 0.2) is 18.2 Å². The fourth-order valence-electron chi connectivity index (χ4n) is 3.03. The minimum absolute atomic E-state index is 0.297. The SMILES string of the molecule is CCC1OCCC1Cn1c(N)nc2c(C#N)cccc21. The van der Waals surface area contributed by atoms with Crippen molar-refractivity contribution in [3.8, 4) is 6.07 Å². The van der Waals surface area contributed by atoms with Crippen molar-refractivity contribution in [1.82, 2.24) is 9.55 Å². The van der Waals surface area contributed by atoms with Crippen molar-refractivity contribution in [2.75, 3.05) is 12.3 Å². The van der Waals surface area contributed by atoms with E-state index < -0.39 is 0 Å². The van der Waals surface area contributed by atoms with Crippen molar-refractivity contribution in [2.45, 2.75) is 32.4 Å². The number of nitrogens with two attached hydrogens (primary N) is 1. The zero-order valence-electron chi connectivity index (χ0n) is 11.5. The molecule has 5 nitrogen and oxygen atoms in total. The molecule has 0 saturated carbocycles. The van der Waals surface area contributed by atoms with E-state index in [1.807, 2.05) is 16.7 Å². The molecule has 2 N–H and O–H groups in total. The van der Waals surface area contributed by atoms with Crippen LogP contribution in [-0.4, -0.2) is 22.3 Å². The smallest absolute Gasteiger partial charge is 0.201 e. The van der Waals surface area contributed by atoms with Crippen molar-refractivity contribution < 1.29 is 4.74 Å². The van der Waals surface area contributed by atoms with Gasteiger partial charge in [-0.25, -0.2) is 4.98 Å². The molecule has 2 aromatic rings. The van der Waals surface area contributed by atoms with Crippen LogP contribution >= 0.6 is 0 Å². The molecule has 3 rings (SSSR count). The number of nitriles is 1. The summed E-state index contributed by atoms with van der Waals surface area (Å²) in [6, 6.07) is 7.78. The number of benzene rings is 1. The van der Waals surface area contributed by atoms with Gasteiger partial charge in [-0.05, 0) is 25.0 Å². The Morgan fingerprint density at radius 2 is 2.40 bits per heavy atom. The molecule has 1 aromatic carbocycles. The van der Waals surface area contributed by atoms with E-state index in [1.165, 1.54) is 0 Å². The molecule has 1 fully saturated rings. The molecule has 20 heavy (non-hydrogen) atoms. The van der Waals surface area contributed by atoms with Crippen molar-refractivity contribution >= 4 is 17.0 Å². The minimum Gasteiger partial charge on any atom is -0.378 e. The van der Waals surface area contributed by atoms with Crippen LogP contribution in [0.5, 0.6) is 0 Å². The maximum Gasteiger partial charge on any atom is 0.201 e. The number of para-hydroxylation sites is 1. The maximum absolute atomic E-state index is 9.14. The van der Waals surface area contributed by atoms with Gasteiger partial charge in [0.15, 0.2) is 0 Å². The average molecular weight is 270 g/mol. The summed E-state index contributed by atoms with van der Waals surface area (Å²) in [7, 11) is 0. The normalized spacial score (nSPS) is 22.2. The van der Waals surface area contributed by atoms with Crippen LogP contribution in [0.1, 0.15) is 25.3 Å². The van der Waals surface area contributed by atoms with E-state index in [4.69, 9.17) is 15.7 Å². The zero-order chi connectivity index (χ0) is 14.1. The van der Waals surface area contributed by atoms with Crippen LogP contribution in [0.2, 0.25) is 0 Å². The zero-order valence-corrected chi connectivity index (χ0v) is 11.5. The van der Waals surface area contributed by atoms with Gasteiger partial charge in [-0.15, -0.1) is 0 Å². The highest BCUT2D eigenvalue weighted by Gasteiger charge is 2.28. The molecule has 0 bridgehead atoms. The standard InChI is InChI=1S/C15H18N4O/c1-2-13-11(6-7-20-13)9-19-12-5-3-4-10(8-16)14(12)18-15(19)17/h3-5,11,13H,2,6-7,9H2,1H3,(H2,17,18). The summed E-state index contributed by atoms with van der Waals surface area (Å²) in [6.45, 7) is 3.76. The second kappa shape index (κ2) is 5.14. The highest BCUT2D eigenvalue weighted by atomic mass is 16.5. The number of nitrogen functional groups attached to an aromatic ring is 1. The highest BCUT2D eigenvalue weighted by molar-refractivity contribution is 5.83. The van der Waals surface area contributed by atoms with Crippen LogP contribution in [0, 0.1) is 17.2 Å². The third kappa shape index (κ3) is 2.02. The fourth-order valence-corrected chi connectivity index (χ4v) is 3.03. The number of rotatable bonds is 3. The molecular weight excluding hydrogens is 252 g/mol. The van der Waals surface area contributed by atoms with Gasteiger partial charge in [0.05, 0.1) is 17.2 Å². The van der Waals surface area contributed by atoms with Crippen LogP contribution < -0.4 is 5.73 Å². The van der Waals surface area contributed by atoms with Gasteiger partial charge in [0.1, 0.15) is 11.6 Å². The Labute approximate surface area is 118 Å². The third-order valence-electron chi connectivity index (χ3n) is 4.09. The molecule has 1 saturated heterocycles. The lowest BCUT2D eigenvalue weighted by atomic mass is 9.99. The molecule has 0 spiro atoms. The monoisotopic (exact) mass is 270 g/mol. The van der Waals surface area contributed by atoms with E-state index in [2.05, 4.69) is 18.0 Å². The molecule has 2 heterocycles. The van der Waals surface area contributed by atoms with E-state index in [0.717, 1.165) is 31.5 Å². The first-order valence-electron chi connectivity index (χ1n) is 7.01. The van der Waals surface area contributed by atoms with E-state index in [-0.39, 0.29) is 0 Å². The fraction of sp³-hybridized carbons (Fsp3) is 0.467. The molecular formula is C15H18N4O. The van der Waals surface area contributed by atoms with Gasteiger partial charge >= 0.3 is 0 Å². The third-order valence-corrected chi connectivity index (χ3v) is 4.09.